The Morgan fingerprint density at radius 2 is 2.35 bits per heavy atom. The molecule has 2 aromatic rings. The Labute approximate surface area is 110 Å². The van der Waals surface area contributed by atoms with E-state index in [-0.39, 0.29) is 0 Å². The molecule has 0 aliphatic carbocycles. The second-order valence-electron chi connectivity index (χ2n) is 4.03. The maximum atomic E-state index is 8.74. The summed E-state index contributed by atoms with van der Waals surface area (Å²) in [5.41, 5.74) is 2.15. The van der Waals surface area contributed by atoms with E-state index < -0.39 is 0 Å². The fourth-order valence-electron chi connectivity index (χ4n) is 1.64. The lowest BCUT2D eigenvalue weighted by Gasteiger charge is -2.11. The summed E-state index contributed by atoms with van der Waals surface area (Å²) in [6.07, 6.45) is 1.06. The molecule has 0 aliphatic rings. The highest BCUT2D eigenvalue weighted by atomic mass is 32.1. The smallest absolute Gasteiger partial charge is 0.100 e. The molecule has 0 aromatic carbocycles. The van der Waals surface area contributed by atoms with Crippen LogP contribution in [0.25, 0.3) is 0 Å². The summed E-state index contributed by atoms with van der Waals surface area (Å²) < 4.78 is 0. The van der Waals surface area contributed by atoms with E-state index in [1.165, 1.54) is 10.4 Å². The summed E-state index contributed by atoms with van der Waals surface area (Å²) in [5.74, 6) is 0. The van der Waals surface area contributed by atoms with E-state index in [0.717, 1.165) is 18.5 Å². The summed E-state index contributed by atoms with van der Waals surface area (Å²) in [6.45, 7) is 3.04. The third-order valence-electron chi connectivity index (χ3n) is 2.53. The van der Waals surface area contributed by atoms with Gasteiger partial charge in [0.25, 0.3) is 0 Å². The highest BCUT2D eigenvalue weighted by molar-refractivity contribution is 7.10. The quantitative estimate of drug-likeness (QED) is 0.896. The van der Waals surface area contributed by atoms with E-state index >= 15 is 0 Å². The predicted octanol–water partition coefficient (Wildman–Crippen LogP) is 3.40. The van der Waals surface area contributed by atoms with Crippen LogP contribution in [0.5, 0.6) is 0 Å². The molecule has 17 heavy (non-hydrogen) atoms. The van der Waals surface area contributed by atoms with Gasteiger partial charge in [-0.2, -0.15) is 16.6 Å². The van der Waals surface area contributed by atoms with Gasteiger partial charge in [-0.3, -0.25) is 0 Å². The van der Waals surface area contributed by atoms with Gasteiger partial charge < -0.3 is 5.32 Å². The average Bonchev–Trinajstić information content (AvgIpc) is 2.96. The Balaban J connectivity index is 1.80. The maximum absolute atomic E-state index is 8.74. The predicted molar refractivity (Wildman–Crippen MR) is 73.4 cm³/mol. The first-order valence-electron chi connectivity index (χ1n) is 5.50. The molecule has 0 spiro atoms. The molecule has 0 radical (unpaired) electrons. The van der Waals surface area contributed by atoms with E-state index in [9.17, 15) is 0 Å². The molecule has 0 saturated heterocycles. The summed E-state index contributed by atoms with van der Waals surface area (Å²) in [6, 6.07) is 6.73. The second kappa shape index (κ2) is 5.97. The molecule has 0 saturated carbocycles. The van der Waals surface area contributed by atoms with Gasteiger partial charge in [-0.1, -0.05) is 0 Å². The summed E-state index contributed by atoms with van der Waals surface area (Å²) in [4.78, 5) is 1.22. The highest BCUT2D eigenvalue weighted by Gasteiger charge is 2.05. The van der Waals surface area contributed by atoms with Crippen molar-refractivity contribution in [2.75, 3.05) is 0 Å². The van der Waals surface area contributed by atoms with Crippen molar-refractivity contribution in [2.24, 2.45) is 0 Å². The van der Waals surface area contributed by atoms with Crippen LogP contribution in [-0.4, -0.2) is 6.04 Å². The Hall–Kier alpha value is -1.15. The highest BCUT2D eigenvalue weighted by Crippen LogP contribution is 2.14. The Bertz CT molecular complexity index is 494. The number of thiophene rings is 2. The lowest BCUT2D eigenvalue weighted by atomic mass is 10.1. The van der Waals surface area contributed by atoms with Gasteiger partial charge in [0, 0.05) is 22.8 Å². The van der Waals surface area contributed by atoms with Gasteiger partial charge in [0.2, 0.25) is 0 Å². The standard InChI is InChI=1S/C13H14N2S2/c1-10(4-11-2-3-16-8-11)15-7-13-5-12(6-14)9-17-13/h2-3,5,8-10,15H,4,7H2,1H3. The monoisotopic (exact) mass is 262 g/mol. The van der Waals surface area contributed by atoms with E-state index in [0.29, 0.717) is 6.04 Å². The molecule has 2 heterocycles. The number of nitriles is 1. The summed E-state index contributed by atoms with van der Waals surface area (Å²) in [7, 11) is 0. The molecule has 1 atom stereocenters. The molecule has 0 amide bonds. The first-order valence-corrected chi connectivity index (χ1v) is 7.32. The lowest BCUT2D eigenvalue weighted by Crippen LogP contribution is -2.26. The van der Waals surface area contributed by atoms with Crippen molar-refractivity contribution < 1.29 is 0 Å². The third kappa shape index (κ3) is 3.67. The van der Waals surface area contributed by atoms with E-state index in [4.69, 9.17) is 5.26 Å². The molecule has 2 rings (SSSR count). The van der Waals surface area contributed by atoms with E-state index in [2.05, 4.69) is 35.1 Å². The van der Waals surface area contributed by atoms with Crippen molar-refractivity contribution in [2.45, 2.75) is 25.9 Å². The zero-order chi connectivity index (χ0) is 12.1. The minimum Gasteiger partial charge on any atom is -0.309 e. The SMILES string of the molecule is CC(Cc1ccsc1)NCc1cc(C#N)cs1. The fourth-order valence-corrected chi connectivity index (χ4v) is 3.08. The number of nitrogens with zero attached hydrogens (tertiary/aromatic N) is 1. The largest absolute Gasteiger partial charge is 0.309 e. The zero-order valence-electron chi connectivity index (χ0n) is 9.64. The van der Waals surface area contributed by atoms with E-state index in [1.807, 2.05) is 11.4 Å². The van der Waals surface area contributed by atoms with Crippen molar-refractivity contribution in [1.29, 1.82) is 5.26 Å². The fraction of sp³-hybridized carbons (Fsp3) is 0.308. The molecule has 88 valence electrons. The lowest BCUT2D eigenvalue weighted by molar-refractivity contribution is 0.549. The van der Waals surface area contributed by atoms with E-state index in [1.54, 1.807) is 22.7 Å². The summed E-state index contributed by atoms with van der Waals surface area (Å²) in [5, 5.41) is 18.4. The van der Waals surface area contributed by atoms with Crippen molar-refractivity contribution in [3.05, 3.63) is 44.3 Å². The van der Waals surface area contributed by atoms with Crippen LogP contribution >= 0.6 is 22.7 Å². The normalized spacial score (nSPS) is 12.2. The molecular formula is C13H14N2S2. The van der Waals surface area contributed by atoms with Crippen LogP contribution < -0.4 is 5.32 Å². The molecule has 2 aromatic heterocycles. The number of rotatable bonds is 5. The van der Waals surface area contributed by atoms with Crippen LogP contribution in [0.2, 0.25) is 0 Å². The molecule has 0 bridgehead atoms. The number of hydrogen-bond acceptors (Lipinski definition) is 4. The molecule has 1 unspecified atom stereocenters. The molecule has 4 heteroatoms. The second-order valence-corrected chi connectivity index (χ2v) is 5.81. The first-order chi connectivity index (χ1) is 8.28. The van der Waals surface area contributed by atoms with Gasteiger partial charge in [0.15, 0.2) is 0 Å². The van der Waals surface area contributed by atoms with Gasteiger partial charge in [-0.25, -0.2) is 0 Å². The van der Waals surface area contributed by atoms with Crippen molar-refractivity contribution in [3.63, 3.8) is 0 Å². The van der Waals surface area contributed by atoms with Crippen LogP contribution in [0.1, 0.15) is 22.9 Å². The zero-order valence-corrected chi connectivity index (χ0v) is 11.3. The third-order valence-corrected chi connectivity index (χ3v) is 4.20. The maximum Gasteiger partial charge on any atom is 0.100 e. The van der Waals surface area contributed by atoms with Gasteiger partial charge in [0.05, 0.1) is 5.56 Å². The Kier molecular flexibility index (Phi) is 4.32. The first kappa shape index (κ1) is 12.3. The minimum absolute atomic E-state index is 0.456. The van der Waals surface area contributed by atoms with Crippen LogP contribution in [0, 0.1) is 11.3 Å². The van der Waals surface area contributed by atoms with Crippen LogP contribution in [0.15, 0.2) is 28.3 Å². The van der Waals surface area contributed by atoms with Crippen molar-refractivity contribution >= 4 is 22.7 Å². The van der Waals surface area contributed by atoms with Gasteiger partial charge >= 0.3 is 0 Å². The van der Waals surface area contributed by atoms with Crippen molar-refractivity contribution in [3.8, 4) is 6.07 Å². The molecule has 2 nitrogen and oxygen atoms in total. The molecule has 0 aliphatic heterocycles. The van der Waals surface area contributed by atoms with Crippen LogP contribution in [0.3, 0.4) is 0 Å². The Morgan fingerprint density at radius 3 is 3.00 bits per heavy atom. The number of nitrogens with one attached hydrogen (secondary N) is 1. The van der Waals surface area contributed by atoms with Gasteiger partial charge in [0.1, 0.15) is 6.07 Å². The van der Waals surface area contributed by atoms with Crippen LogP contribution in [0.4, 0.5) is 0 Å². The summed E-state index contributed by atoms with van der Waals surface area (Å²) >= 11 is 3.38. The van der Waals surface area contributed by atoms with Gasteiger partial charge in [-0.15, -0.1) is 11.3 Å². The molecule has 1 N–H and O–H groups in total. The van der Waals surface area contributed by atoms with Crippen LogP contribution in [-0.2, 0) is 13.0 Å². The van der Waals surface area contributed by atoms with Gasteiger partial charge in [-0.05, 0) is 41.8 Å². The topological polar surface area (TPSA) is 35.8 Å². The van der Waals surface area contributed by atoms with Crippen molar-refractivity contribution in [1.82, 2.24) is 5.32 Å². The molecular weight excluding hydrogens is 248 g/mol. The number of hydrogen-bond donors (Lipinski definition) is 1. The molecule has 0 fully saturated rings. The Morgan fingerprint density at radius 1 is 1.47 bits per heavy atom. The minimum atomic E-state index is 0.456. The average molecular weight is 262 g/mol.